The molecule has 3 rings (SSSR count). The number of nitrogens with zero attached hydrogens (tertiary/aromatic N) is 3. The molecule has 0 spiro atoms. The van der Waals surface area contributed by atoms with Gasteiger partial charge in [0.1, 0.15) is 5.65 Å². The Morgan fingerprint density at radius 2 is 2.11 bits per heavy atom. The van der Waals surface area contributed by atoms with E-state index in [-0.39, 0.29) is 6.04 Å². The Kier molecular flexibility index (Phi) is 3.09. The van der Waals surface area contributed by atoms with Crippen LogP contribution in [0.5, 0.6) is 0 Å². The highest BCUT2D eigenvalue weighted by Gasteiger charge is 2.06. The lowest BCUT2D eigenvalue weighted by Gasteiger charge is -2.09. The summed E-state index contributed by atoms with van der Waals surface area (Å²) in [6, 6.07) is 10.4. The maximum Gasteiger partial charge on any atom is 0.137 e. The van der Waals surface area contributed by atoms with Crippen LogP contribution in [-0.4, -0.2) is 20.0 Å². The van der Waals surface area contributed by atoms with Gasteiger partial charge in [0.05, 0.1) is 12.2 Å². The third-order valence-electron chi connectivity index (χ3n) is 3.20. The molecule has 3 heterocycles. The molecule has 2 N–H and O–H groups in total. The van der Waals surface area contributed by atoms with Gasteiger partial charge < -0.3 is 14.7 Å². The molecule has 1 unspecified atom stereocenters. The molecule has 98 valence electrons. The number of rotatable bonds is 4. The van der Waals surface area contributed by atoms with E-state index in [4.69, 9.17) is 5.73 Å². The van der Waals surface area contributed by atoms with Gasteiger partial charge in [0, 0.05) is 36.7 Å². The Morgan fingerprint density at radius 1 is 1.21 bits per heavy atom. The van der Waals surface area contributed by atoms with Crippen LogP contribution in [-0.2, 0) is 13.0 Å². The second kappa shape index (κ2) is 4.90. The molecule has 0 saturated heterocycles. The molecule has 0 amide bonds. The van der Waals surface area contributed by atoms with E-state index in [1.165, 1.54) is 5.69 Å². The van der Waals surface area contributed by atoms with Gasteiger partial charge in [0.25, 0.3) is 0 Å². The van der Waals surface area contributed by atoms with E-state index in [1.807, 2.05) is 35.7 Å². The molecule has 0 bridgehead atoms. The largest absolute Gasteiger partial charge is 0.345 e. The van der Waals surface area contributed by atoms with Crippen molar-refractivity contribution >= 4 is 5.65 Å². The molecule has 0 fully saturated rings. The van der Waals surface area contributed by atoms with Gasteiger partial charge in [0.2, 0.25) is 0 Å². The van der Waals surface area contributed by atoms with Crippen molar-refractivity contribution in [3.05, 3.63) is 60.3 Å². The molecular formula is C15H18N4. The van der Waals surface area contributed by atoms with Crippen molar-refractivity contribution in [2.24, 2.45) is 5.73 Å². The van der Waals surface area contributed by atoms with Gasteiger partial charge in [-0.05, 0) is 31.2 Å². The number of hydrogen-bond acceptors (Lipinski definition) is 2. The van der Waals surface area contributed by atoms with Crippen LogP contribution in [0.15, 0.2) is 48.9 Å². The molecule has 4 heteroatoms. The highest BCUT2D eigenvalue weighted by atomic mass is 15.0. The summed E-state index contributed by atoms with van der Waals surface area (Å²) in [5.41, 5.74) is 9.18. The summed E-state index contributed by atoms with van der Waals surface area (Å²) in [5.74, 6) is 0. The lowest BCUT2D eigenvalue weighted by molar-refractivity contribution is 0.661. The summed E-state index contributed by atoms with van der Waals surface area (Å²) in [5, 5.41) is 0. The van der Waals surface area contributed by atoms with Crippen LogP contribution in [0.2, 0.25) is 0 Å². The Bertz CT molecular complexity index is 645. The standard InChI is InChI=1S/C15H18N4/c1-12(16)9-14-5-4-8-18(14)10-13-11-19-7-3-2-6-15(19)17-13/h2-8,11-12H,9-10,16H2,1H3. The van der Waals surface area contributed by atoms with Gasteiger partial charge in [-0.3, -0.25) is 0 Å². The lowest BCUT2D eigenvalue weighted by atomic mass is 10.2. The van der Waals surface area contributed by atoms with Crippen LogP contribution < -0.4 is 5.73 Å². The SMILES string of the molecule is CC(N)Cc1cccn1Cc1cn2ccccc2n1. The van der Waals surface area contributed by atoms with Crippen LogP contribution in [0.4, 0.5) is 0 Å². The fraction of sp³-hybridized carbons (Fsp3) is 0.267. The smallest absolute Gasteiger partial charge is 0.137 e. The van der Waals surface area contributed by atoms with Crippen molar-refractivity contribution in [2.75, 3.05) is 0 Å². The summed E-state index contributed by atoms with van der Waals surface area (Å²) in [4.78, 5) is 4.62. The van der Waals surface area contributed by atoms with Gasteiger partial charge in [-0.2, -0.15) is 0 Å². The number of fused-ring (bicyclic) bond motifs is 1. The molecule has 0 aromatic carbocycles. The van der Waals surface area contributed by atoms with Crippen molar-refractivity contribution < 1.29 is 0 Å². The number of imidazole rings is 1. The van der Waals surface area contributed by atoms with E-state index in [0.717, 1.165) is 24.3 Å². The lowest BCUT2D eigenvalue weighted by Crippen LogP contribution is -2.20. The van der Waals surface area contributed by atoms with Gasteiger partial charge in [0.15, 0.2) is 0 Å². The maximum atomic E-state index is 5.87. The normalized spacial score (nSPS) is 12.9. The minimum atomic E-state index is 0.176. The summed E-state index contributed by atoms with van der Waals surface area (Å²) >= 11 is 0. The van der Waals surface area contributed by atoms with E-state index < -0.39 is 0 Å². The van der Waals surface area contributed by atoms with E-state index >= 15 is 0 Å². The third kappa shape index (κ3) is 2.53. The first-order valence-corrected chi connectivity index (χ1v) is 6.54. The zero-order valence-corrected chi connectivity index (χ0v) is 11.0. The van der Waals surface area contributed by atoms with Crippen LogP contribution in [0.25, 0.3) is 5.65 Å². The quantitative estimate of drug-likeness (QED) is 0.775. The molecule has 0 aliphatic heterocycles. The van der Waals surface area contributed by atoms with Crippen molar-refractivity contribution in [3.8, 4) is 0 Å². The zero-order valence-electron chi connectivity index (χ0n) is 11.0. The average Bonchev–Trinajstić information content (AvgIpc) is 2.95. The van der Waals surface area contributed by atoms with Crippen molar-refractivity contribution in [1.29, 1.82) is 0 Å². The van der Waals surface area contributed by atoms with E-state index in [9.17, 15) is 0 Å². The number of pyridine rings is 1. The van der Waals surface area contributed by atoms with Crippen LogP contribution >= 0.6 is 0 Å². The highest BCUT2D eigenvalue weighted by molar-refractivity contribution is 5.39. The van der Waals surface area contributed by atoms with Gasteiger partial charge in [-0.1, -0.05) is 6.07 Å². The minimum absolute atomic E-state index is 0.176. The van der Waals surface area contributed by atoms with Gasteiger partial charge >= 0.3 is 0 Å². The summed E-state index contributed by atoms with van der Waals surface area (Å²) in [7, 11) is 0. The highest BCUT2D eigenvalue weighted by Crippen LogP contribution is 2.10. The van der Waals surface area contributed by atoms with Crippen LogP contribution in [0.1, 0.15) is 18.3 Å². The third-order valence-corrected chi connectivity index (χ3v) is 3.20. The second-order valence-electron chi connectivity index (χ2n) is 5.01. The fourth-order valence-corrected chi connectivity index (χ4v) is 2.36. The summed E-state index contributed by atoms with van der Waals surface area (Å²) < 4.78 is 4.26. The van der Waals surface area contributed by atoms with E-state index in [2.05, 4.69) is 34.1 Å². The molecular weight excluding hydrogens is 236 g/mol. The van der Waals surface area contributed by atoms with E-state index in [0.29, 0.717) is 0 Å². The minimum Gasteiger partial charge on any atom is -0.345 e. The molecule has 0 saturated carbocycles. The molecule has 0 radical (unpaired) electrons. The summed E-state index contributed by atoms with van der Waals surface area (Å²) in [6.45, 7) is 2.82. The Morgan fingerprint density at radius 3 is 2.89 bits per heavy atom. The fourth-order valence-electron chi connectivity index (χ4n) is 2.36. The molecule has 0 aliphatic rings. The van der Waals surface area contributed by atoms with Crippen molar-refractivity contribution in [2.45, 2.75) is 25.9 Å². The first kappa shape index (κ1) is 12.0. The molecule has 3 aromatic heterocycles. The predicted molar refractivity (Wildman–Crippen MR) is 76.1 cm³/mol. The monoisotopic (exact) mass is 254 g/mol. The first-order valence-electron chi connectivity index (χ1n) is 6.54. The predicted octanol–water partition coefficient (Wildman–Crippen LogP) is 2.07. The topological polar surface area (TPSA) is 48.2 Å². The molecule has 4 nitrogen and oxygen atoms in total. The Labute approximate surface area is 112 Å². The Hall–Kier alpha value is -2.07. The van der Waals surface area contributed by atoms with Crippen LogP contribution in [0, 0.1) is 0 Å². The number of hydrogen-bond donors (Lipinski definition) is 1. The molecule has 19 heavy (non-hydrogen) atoms. The average molecular weight is 254 g/mol. The van der Waals surface area contributed by atoms with Crippen molar-refractivity contribution in [1.82, 2.24) is 14.0 Å². The van der Waals surface area contributed by atoms with Crippen molar-refractivity contribution in [3.63, 3.8) is 0 Å². The van der Waals surface area contributed by atoms with E-state index in [1.54, 1.807) is 0 Å². The second-order valence-corrected chi connectivity index (χ2v) is 5.01. The van der Waals surface area contributed by atoms with Gasteiger partial charge in [-0.15, -0.1) is 0 Å². The number of aromatic nitrogens is 3. The molecule has 3 aromatic rings. The van der Waals surface area contributed by atoms with Crippen LogP contribution in [0.3, 0.4) is 0 Å². The Balaban J connectivity index is 1.86. The number of nitrogens with two attached hydrogens (primary N) is 1. The molecule has 1 atom stereocenters. The maximum absolute atomic E-state index is 5.87. The summed E-state index contributed by atoms with van der Waals surface area (Å²) in [6.07, 6.45) is 7.07. The van der Waals surface area contributed by atoms with Gasteiger partial charge in [-0.25, -0.2) is 4.98 Å². The first-order chi connectivity index (χ1) is 9.22. The zero-order chi connectivity index (χ0) is 13.2. The molecule has 0 aliphatic carbocycles.